The predicted molar refractivity (Wildman–Crippen MR) is 126 cm³/mol. The molecule has 29 heavy (non-hydrogen) atoms. The molecule has 3 aromatic rings. The molecule has 1 N–H and O–H groups in total. The van der Waals surface area contributed by atoms with Gasteiger partial charge in [0.15, 0.2) is 0 Å². The molecular formula is C21H14Cl3IN2O2. The number of nitrogens with one attached hydrogen (secondary N) is 1. The van der Waals surface area contributed by atoms with E-state index in [0.717, 1.165) is 9.13 Å². The van der Waals surface area contributed by atoms with Gasteiger partial charge in [-0.2, -0.15) is 5.10 Å². The Balaban J connectivity index is 1.69. The normalized spacial score (nSPS) is 10.9. The number of hydrazone groups is 1. The van der Waals surface area contributed by atoms with Gasteiger partial charge >= 0.3 is 0 Å². The van der Waals surface area contributed by atoms with Gasteiger partial charge in [0.25, 0.3) is 5.91 Å². The SMILES string of the molecule is O=C(N/N=C\c1cc(Cl)ccc1OCc1ccc(Cl)c(Cl)c1)c1ccc(I)cc1. The molecule has 3 aromatic carbocycles. The first kappa shape index (κ1) is 21.9. The Morgan fingerprint density at radius 3 is 2.48 bits per heavy atom. The van der Waals surface area contributed by atoms with Gasteiger partial charge in [0.2, 0.25) is 0 Å². The van der Waals surface area contributed by atoms with Gasteiger partial charge in [-0.3, -0.25) is 4.79 Å². The van der Waals surface area contributed by atoms with E-state index in [2.05, 4.69) is 33.1 Å². The molecule has 0 spiro atoms. The summed E-state index contributed by atoms with van der Waals surface area (Å²) in [6.45, 7) is 0.286. The van der Waals surface area contributed by atoms with Gasteiger partial charge in [-0.1, -0.05) is 40.9 Å². The van der Waals surface area contributed by atoms with Crippen LogP contribution in [0.4, 0.5) is 0 Å². The van der Waals surface area contributed by atoms with Crippen molar-refractivity contribution >= 4 is 69.5 Å². The molecule has 0 aliphatic heterocycles. The average Bonchev–Trinajstić information content (AvgIpc) is 2.70. The second-order valence-corrected chi connectivity index (χ2v) is 8.42. The number of ether oxygens (including phenoxy) is 1. The Hall–Kier alpha value is -1.80. The third-order valence-electron chi connectivity index (χ3n) is 3.83. The largest absolute Gasteiger partial charge is 0.488 e. The lowest BCUT2D eigenvalue weighted by Crippen LogP contribution is -2.17. The van der Waals surface area contributed by atoms with Crippen molar-refractivity contribution in [2.75, 3.05) is 0 Å². The molecule has 0 saturated heterocycles. The highest BCUT2D eigenvalue weighted by Crippen LogP contribution is 2.25. The van der Waals surface area contributed by atoms with Crippen molar-refractivity contribution in [2.24, 2.45) is 5.10 Å². The molecule has 8 heteroatoms. The molecule has 0 bridgehead atoms. The van der Waals surface area contributed by atoms with Crippen molar-refractivity contribution in [3.63, 3.8) is 0 Å². The highest BCUT2D eigenvalue weighted by molar-refractivity contribution is 14.1. The summed E-state index contributed by atoms with van der Waals surface area (Å²) in [5.74, 6) is 0.255. The molecule has 1 amide bonds. The van der Waals surface area contributed by atoms with Crippen LogP contribution in [0.15, 0.2) is 65.8 Å². The summed E-state index contributed by atoms with van der Waals surface area (Å²) in [6, 6.07) is 17.6. The van der Waals surface area contributed by atoms with Gasteiger partial charge in [0.05, 0.1) is 16.3 Å². The molecule has 0 unspecified atom stereocenters. The molecular weight excluding hydrogens is 546 g/mol. The molecule has 0 aliphatic carbocycles. The van der Waals surface area contributed by atoms with E-state index in [9.17, 15) is 4.79 Å². The third-order valence-corrected chi connectivity index (χ3v) is 5.52. The molecule has 0 atom stereocenters. The Bertz CT molecular complexity index is 1060. The number of benzene rings is 3. The number of carbonyl (C=O) groups excluding carboxylic acids is 1. The molecule has 0 saturated carbocycles. The molecule has 0 aliphatic rings. The van der Waals surface area contributed by atoms with Crippen LogP contribution < -0.4 is 10.2 Å². The number of amides is 1. The van der Waals surface area contributed by atoms with Crippen molar-refractivity contribution in [3.05, 3.63) is 96.0 Å². The summed E-state index contributed by atoms with van der Waals surface area (Å²) in [4.78, 5) is 12.2. The molecule has 3 rings (SSSR count). The zero-order valence-corrected chi connectivity index (χ0v) is 19.3. The summed E-state index contributed by atoms with van der Waals surface area (Å²) in [6.07, 6.45) is 1.49. The Morgan fingerprint density at radius 2 is 1.76 bits per heavy atom. The Labute approximate surface area is 197 Å². The lowest BCUT2D eigenvalue weighted by Gasteiger charge is -2.10. The number of nitrogens with zero attached hydrogens (tertiary/aromatic N) is 1. The van der Waals surface area contributed by atoms with Gasteiger partial charge in [-0.05, 0) is 82.8 Å². The third kappa shape index (κ3) is 6.34. The van der Waals surface area contributed by atoms with Crippen LogP contribution in [0.2, 0.25) is 15.1 Å². The highest BCUT2D eigenvalue weighted by Gasteiger charge is 2.07. The number of rotatable bonds is 6. The van der Waals surface area contributed by atoms with E-state index in [1.54, 1.807) is 42.5 Å². The number of carbonyl (C=O) groups is 1. The lowest BCUT2D eigenvalue weighted by molar-refractivity contribution is 0.0955. The fourth-order valence-electron chi connectivity index (χ4n) is 2.37. The Morgan fingerprint density at radius 1 is 1.00 bits per heavy atom. The van der Waals surface area contributed by atoms with Crippen LogP contribution in [0.1, 0.15) is 21.5 Å². The van der Waals surface area contributed by atoms with Crippen molar-refractivity contribution in [1.29, 1.82) is 0 Å². The van der Waals surface area contributed by atoms with Crippen molar-refractivity contribution in [2.45, 2.75) is 6.61 Å². The summed E-state index contributed by atoms with van der Waals surface area (Å²) >= 11 is 20.2. The molecule has 0 radical (unpaired) electrons. The summed E-state index contributed by atoms with van der Waals surface area (Å²) in [7, 11) is 0. The predicted octanol–water partition coefficient (Wildman–Crippen LogP) is 6.59. The van der Waals surface area contributed by atoms with Crippen LogP contribution in [0.3, 0.4) is 0 Å². The average molecular weight is 560 g/mol. The van der Waals surface area contributed by atoms with E-state index in [1.165, 1.54) is 6.21 Å². The highest BCUT2D eigenvalue weighted by atomic mass is 127. The van der Waals surface area contributed by atoms with Gasteiger partial charge in [0.1, 0.15) is 12.4 Å². The van der Waals surface area contributed by atoms with Crippen molar-refractivity contribution < 1.29 is 9.53 Å². The van der Waals surface area contributed by atoms with Gasteiger partial charge in [-0.25, -0.2) is 5.43 Å². The zero-order valence-electron chi connectivity index (χ0n) is 14.8. The smallest absolute Gasteiger partial charge is 0.271 e. The van der Waals surface area contributed by atoms with E-state index in [4.69, 9.17) is 39.5 Å². The van der Waals surface area contributed by atoms with Gasteiger partial charge in [-0.15, -0.1) is 0 Å². The van der Waals surface area contributed by atoms with E-state index in [0.29, 0.717) is 31.9 Å². The van der Waals surface area contributed by atoms with Crippen LogP contribution in [-0.2, 0) is 6.61 Å². The monoisotopic (exact) mass is 558 g/mol. The summed E-state index contributed by atoms with van der Waals surface area (Å²) in [5, 5.41) is 5.49. The molecule has 0 heterocycles. The minimum Gasteiger partial charge on any atom is -0.488 e. The maximum Gasteiger partial charge on any atom is 0.271 e. The van der Waals surface area contributed by atoms with Crippen LogP contribution in [0, 0.1) is 3.57 Å². The number of hydrogen-bond donors (Lipinski definition) is 1. The van der Waals surface area contributed by atoms with Gasteiger partial charge in [0, 0.05) is 19.7 Å². The Kier molecular flexibility index (Phi) is 7.77. The first-order valence-corrected chi connectivity index (χ1v) is 10.6. The first-order valence-electron chi connectivity index (χ1n) is 8.37. The fourth-order valence-corrected chi connectivity index (χ4v) is 3.23. The maximum absolute atomic E-state index is 12.2. The van der Waals surface area contributed by atoms with E-state index >= 15 is 0 Å². The van der Waals surface area contributed by atoms with Crippen LogP contribution in [0.5, 0.6) is 5.75 Å². The quantitative estimate of drug-likeness (QED) is 0.210. The van der Waals surface area contributed by atoms with Crippen LogP contribution in [-0.4, -0.2) is 12.1 Å². The minimum atomic E-state index is -0.307. The summed E-state index contributed by atoms with van der Waals surface area (Å²) < 4.78 is 6.91. The molecule has 0 fully saturated rings. The zero-order chi connectivity index (χ0) is 20.8. The molecule has 4 nitrogen and oxygen atoms in total. The maximum atomic E-state index is 12.2. The van der Waals surface area contributed by atoms with E-state index in [-0.39, 0.29) is 12.5 Å². The van der Waals surface area contributed by atoms with Crippen LogP contribution >= 0.6 is 57.4 Å². The van der Waals surface area contributed by atoms with Crippen molar-refractivity contribution in [1.82, 2.24) is 5.43 Å². The second-order valence-electron chi connectivity index (χ2n) is 5.93. The standard InChI is InChI=1S/C21H14Cl3IN2O2/c22-16-4-8-20(29-12-13-1-7-18(23)19(24)9-13)15(10-16)11-26-27-21(28)14-2-5-17(25)6-3-14/h1-11H,12H2,(H,27,28)/b26-11-. The van der Waals surface area contributed by atoms with Crippen LogP contribution in [0.25, 0.3) is 0 Å². The second kappa shape index (κ2) is 10.3. The fraction of sp³-hybridized carbons (Fsp3) is 0.0476. The van der Waals surface area contributed by atoms with E-state index in [1.807, 2.05) is 18.2 Å². The van der Waals surface area contributed by atoms with E-state index < -0.39 is 0 Å². The minimum absolute atomic E-state index is 0.286. The lowest BCUT2D eigenvalue weighted by atomic mass is 10.2. The number of hydrogen-bond acceptors (Lipinski definition) is 3. The van der Waals surface area contributed by atoms with Crippen molar-refractivity contribution in [3.8, 4) is 5.75 Å². The van der Waals surface area contributed by atoms with Gasteiger partial charge < -0.3 is 4.74 Å². The first-order chi connectivity index (χ1) is 13.9. The summed E-state index contributed by atoms with van der Waals surface area (Å²) in [5.41, 5.74) is 4.51. The molecule has 148 valence electrons. The molecule has 0 aromatic heterocycles. The number of halogens is 4. The topological polar surface area (TPSA) is 50.7 Å².